The number of halogens is 2. The van der Waals surface area contributed by atoms with Gasteiger partial charge in [0.1, 0.15) is 0 Å². The van der Waals surface area contributed by atoms with Crippen molar-refractivity contribution in [2.45, 2.75) is 48.6 Å². The van der Waals surface area contributed by atoms with E-state index >= 15 is 0 Å². The van der Waals surface area contributed by atoms with Crippen LogP contribution in [0.4, 0.5) is 0 Å². The van der Waals surface area contributed by atoms with Gasteiger partial charge in [-0.05, 0) is 0 Å². The van der Waals surface area contributed by atoms with Crippen molar-refractivity contribution >= 4 is 41.7 Å². The van der Waals surface area contributed by atoms with Gasteiger partial charge in [-0.15, -0.1) is 24.8 Å². The fourth-order valence-electron chi connectivity index (χ4n) is 5.24. The van der Waals surface area contributed by atoms with Gasteiger partial charge in [0, 0.05) is 0 Å². The van der Waals surface area contributed by atoms with Crippen LogP contribution in [0, 0.1) is 5.92 Å². The van der Waals surface area contributed by atoms with Gasteiger partial charge in [-0.2, -0.15) is 0 Å². The summed E-state index contributed by atoms with van der Waals surface area (Å²) in [6.45, 7) is 0. The molecule has 0 heterocycles. The number of hydrogen-bond donors (Lipinski definition) is 0. The summed E-state index contributed by atoms with van der Waals surface area (Å²) < 4.78 is 0.653. The molecule has 0 nitrogen and oxygen atoms in total. The van der Waals surface area contributed by atoms with E-state index in [2.05, 4.69) is 66.7 Å². The zero-order chi connectivity index (χ0) is 18.9. The zero-order valence-electron chi connectivity index (χ0n) is 17.3. The average Bonchev–Trinajstić information content (AvgIpc) is 2.90. The summed E-state index contributed by atoms with van der Waals surface area (Å²) in [6, 6.07) is 22.5. The summed E-state index contributed by atoms with van der Waals surface area (Å²) in [5.41, 5.74) is 7.55. The maximum absolute atomic E-state index is 2.57. The molecular formula is C27H29Cl2Zr. The first-order chi connectivity index (χ1) is 13.8. The van der Waals surface area contributed by atoms with Crippen molar-refractivity contribution in [1.82, 2.24) is 0 Å². The zero-order valence-corrected chi connectivity index (χ0v) is 21.4. The van der Waals surface area contributed by atoms with E-state index in [0.29, 0.717) is 3.63 Å². The van der Waals surface area contributed by atoms with E-state index in [-0.39, 0.29) is 24.8 Å². The molecule has 1 unspecified atom stereocenters. The molecule has 1 fully saturated rings. The van der Waals surface area contributed by atoms with Gasteiger partial charge >= 0.3 is 185 Å². The summed E-state index contributed by atoms with van der Waals surface area (Å²) in [6.07, 6.45) is 12.5. The number of allylic oxidation sites excluding steroid dienone is 1. The predicted molar refractivity (Wildman–Crippen MR) is 130 cm³/mol. The second-order valence-electron chi connectivity index (χ2n) is 8.55. The van der Waals surface area contributed by atoms with Gasteiger partial charge in [0.25, 0.3) is 0 Å². The van der Waals surface area contributed by atoms with E-state index in [1.165, 1.54) is 72.4 Å². The third-order valence-corrected chi connectivity index (χ3v) is 8.41. The molecule has 3 heteroatoms. The Bertz CT molecular complexity index is 1030. The molecule has 3 aromatic carbocycles. The SMILES string of the molecule is Cl.Cl.[Zr][CH]1C(CC2CCCCCC2)=Cc2c(-c3cccc4ccccc34)cccc21. The molecule has 0 N–H and O–H groups in total. The van der Waals surface area contributed by atoms with Gasteiger partial charge in [-0.3, -0.25) is 0 Å². The Labute approximate surface area is 208 Å². The minimum absolute atomic E-state index is 0. The molecule has 1 atom stereocenters. The molecule has 155 valence electrons. The first-order valence-corrected chi connectivity index (χ1v) is 12.3. The monoisotopic (exact) mass is 513 g/mol. The van der Waals surface area contributed by atoms with Crippen molar-refractivity contribution in [3.8, 4) is 11.1 Å². The van der Waals surface area contributed by atoms with E-state index in [0.717, 1.165) is 5.92 Å². The molecule has 0 saturated heterocycles. The van der Waals surface area contributed by atoms with Gasteiger partial charge < -0.3 is 0 Å². The summed E-state index contributed by atoms with van der Waals surface area (Å²) in [5, 5.41) is 2.70. The molecule has 0 amide bonds. The molecule has 3 aromatic rings. The Balaban J connectivity index is 0.00000128. The van der Waals surface area contributed by atoms with Crippen molar-refractivity contribution in [1.29, 1.82) is 0 Å². The van der Waals surface area contributed by atoms with Gasteiger partial charge in [-0.1, -0.05) is 0 Å². The number of rotatable bonds is 3. The summed E-state index contributed by atoms with van der Waals surface area (Å²) >= 11 is 1.64. The fourth-order valence-corrected chi connectivity index (χ4v) is 6.35. The predicted octanol–water partition coefficient (Wildman–Crippen LogP) is 8.70. The Morgan fingerprint density at radius 1 is 0.733 bits per heavy atom. The van der Waals surface area contributed by atoms with E-state index in [9.17, 15) is 0 Å². The molecule has 0 aliphatic heterocycles. The van der Waals surface area contributed by atoms with Gasteiger partial charge in [-0.25, -0.2) is 0 Å². The van der Waals surface area contributed by atoms with Crippen LogP contribution in [0.25, 0.3) is 28.0 Å². The molecule has 2 aliphatic rings. The average molecular weight is 516 g/mol. The summed E-state index contributed by atoms with van der Waals surface area (Å²) in [5.74, 6) is 0.909. The van der Waals surface area contributed by atoms with Gasteiger partial charge in [0.15, 0.2) is 0 Å². The number of fused-ring (bicyclic) bond motifs is 2. The van der Waals surface area contributed by atoms with Crippen molar-refractivity contribution in [3.05, 3.63) is 77.4 Å². The van der Waals surface area contributed by atoms with Crippen LogP contribution < -0.4 is 0 Å². The fraction of sp³-hybridized carbons (Fsp3) is 0.333. The summed E-state index contributed by atoms with van der Waals surface area (Å²) in [7, 11) is 0. The topological polar surface area (TPSA) is 0 Å². The molecule has 30 heavy (non-hydrogen) atoms. The van der Waals surface area contributed by atoms with Crippen LogP contribution in [-0.2, 0) is 24.7 Å². The van der Waals surface area contributed by atoms with Crippen molar-refractivity contribution in [2.75, 3.05) is 0 Å². The second kappa shape index (κ2) is 10.6. The molecule has 1 saturated carbocycles. The molecule has 0 bridgehead atoms. The molecule has 5 rings (SSSR count). The van der Waals surface area contributed by atoms with Crippen LogP contribution in [0.15, 0.2) is 66.2 Å². The Morgan fingerprint density at radius 2 is 1.40 bits per heavy atom. The third kappa shape index (κ3) is 4.65. The molecule has 0 radical (unpaired) electrons. The standard InChI is InChI=1S/C27H27.2ClH.Zr/c1-2-4-10-20(9-3-1)17-21-18-23-13-8-16-26(27(23)19-21)25-15-7-12-22-11-5-6-14-24(22)25;;;/h5-8,11-16,18-20H,1-4,9-10,17H2;2*1H;. The minimum atomic E-state index is 0. The normalized spacial score (nSPS) is 18.6. The van der Waals surface area contributed by atoms with Crippen LogP contribution in [0.5, 0.6) is 0 Å². The summed E-state index contributed by atoms with van der Waals surface area (Å²) in [4.78, 5) is 0. The van der Waals surface area contributed by atoms with Crippen LogP contribution in [0.3, 0.4) is 0 Å². The van der Waals surface area contributed by atoms with Crippen LogP contribution >= 0.6 is 24.8 Å². The van der Waals surface area contributed by atoms with E-state index < -0.39 is 0 Å². The maximum atomic E-state index is 2.57. The first-order valence-electron chi connectivity index (χ1n) is 10.8. The van der Waals surface area contributed by atoms with Gasteiger partial charge in [0.05, 0.1) is 0 Å². The van der Waals surface area contributed by atoms with E-state index in [1.807, 2.05) is 0 Å². The van der Waals surface area contributed by atoms with Crippen molar-refractivity contribution in [3.63, 3.8) is 0 Å². The third-order valence-electron chi connectivity index (χ3n) is 6.73. The van der Waals surface area contributed by atoms with E-state index in [1.54, 1.807) is 35.9 Å². The quantitative estimate of drug-likeness (QED) is 0.306. The molecule has 0 spiro atoms. The van der Waals surface area contributed by atoms with Gasteiger partial charge in [0.2, 0.25) is 0 Å². The molecule has 0 aromatic heterocycles. The van der Waals surface area contributed by atoms with Crippen LogP contribution in [-0.4, -0.2) is 0 Å². The Hall–Kier alpha value is -0.877. The number of hydrogen-bond acceptors (Lipinski definition) is 0. The Morgan fingerprint density at radius 3 is 2.20 bits per heavy atom. The van der Waals surface area contributed by atoms with Crippen molar-refractivity contribution in [2.24, 2.45) is 5.92 Å². The first kappa shape index (κ1) is 23.8. The Kier molecular flexibility index (Phi) is 8.42. The molecular weight excluding hydrogens is 486 g/mol. The van der Waals surface area contributed by atoms with E-state index in [4.69, 9.17) is 0 Å². The number of benzene rings is 3. The molecule has 2 aliphatic carbocycles. The second-order valence-corrected chi connectivity index (χ2v) is 9.97. The van der Waals surface area contributed by atoms with Crippen LogP contribution in [0.1, 0.15) is 59.7 Å². The van der Waals surface area contributed by atoms with Crippen molar-refractivity contribution < 1.29 is 24.7 Å². The van der Waals surface area contributed by atoms with Crippen LogP contribution in [0.2, 0.25) is 0 Å².